The normalized spacial score (nSPS) is 27.1. The molecular weight excluding hydrogens is 234 g/mol. The summed E-state index contributed by atoms with van der Waals surface area (Å²) in [7, 11) is 1.68. The highest BCUT2D eigenvalue weighted by Gasteiger charge is 2.56. The van der Waals surface area contributed by atoms with E-state index in [9.17, 15) is 4.79 Å². The predicted molar refractivity (Wildman–Crippen MR) is 66.3 cm³/mol. The Kier molecular flexibility index (Phi) is 3.75. The van der Waals surface area contributed by atoms with Crippen LogP contribution in [0.1, 0.15) is 25.7 Å². The Morgan fingerprint density at radius 3 is 2.89 bits per heavy atom. The minimum absolute atomic E-state index is 0.0126. The second kappa shape index (κ2) is 5.14. The SMILES string of the molecule is COCC1CCCN(C(=O)C2(C(N)=NO)CC2)C1. The molecule has 0 spiro atoms. The van der Waals surface area contributed by atoms with Crippen LogP contribution < -0.4 is 5.73 Å². The second-order valence-electron chi connectivity index (χ2n) is 5.28. The van der Waals surface area contributed by atoms with Crippen molar-refractivity contribution in [1.29, 1.82) is 0 Å². The number of nitrogens with zero attached hydrogens (tertiary/aromatic N) is 2. The van der Waals surface area contributed by atoms with Crippen LogP contribution in [0.25, 0.3) is 0 Å². The average molecular weight is 255 g/mol. The zero-order valence-electron chi connectivity index (χ0n) is 10.8. The van der Waals surface area contributed by atoms with E-state index in [0.717, 1.165) is 19.4 Å². The van der Waals surface area contributed by atoms with Crippen molar-refractivity contribution in [1.82, 2.24) is 4.90 Å². The fourth-order valence-corrected chi connectivity index (χ4v) is 2.72. The zero-order valence-corrected chi connectivity index (χ0v) is 10.8. The van der Waals surface area contributed by atoms with Gasteiger partial charge in [-0.15, -0.1) is 0 Å². The number of ether oxygens (including phenoxy) is 1. The number of methoxy groups -OCH3 is 1. The van der Waals surface area contributed by atoms with Crippen molar-refractivity contribution in [2.45, 2.75) is 25.7 Å². The number of amides is 1. The Morgan fingerprint density at radius 2 is 2.33 bits per heavy atom. The maximum Gasteiger partial charge on any atom is 0.236 e. The average Bonchev–Trinajstić information content (AvgIpc) is 3.19. The van der Waals surface area contributed by atoms with E-state index in [-0.39, 0.29) is 11.7 Å². The van der Waals surface area contributed by atoms with Gasteiger partial charge in [0.15, 0.2) is 5.84 Å². The number of rotatable bonds is 4. The van der Waals surface area contributed by atoms with E-state index in [4.69, 9.17) is 15.7 Å². The third kappa shape index (κ3) is 2.29. The lowest BCUT2D eigenvalue weighted by Gasteiger charge is -2.34. The van der Waals surface area contributed by atoms with E-state index in [0.29, 0.717) is 31.9 Å². The van der Waals surface area contributed by atoms with Gasteiger partial charge in [-0.2, -0.15) is 0 Å². The van der Waals surface area contributed by atoms with Crippen molar-refractivity contribution in [2.24, 2.45) is 22.2 Å². The lowest BCUT2D eigenvalue weighted by Crippen LogP contribution is -2.48. The summed E-state index contributed by atoms with van der Waals surface area (Å²) in [5.41, 5.74) is 4.92. The van der Waals surface area contributed by atoms with Crippen LogP contribution in [0.15, 0.2) is 5.16 Å². The number of amidine groups is 1. The summed E-state index contributed by atoms with van der Waals surface area (Å²) < 4.78 is 5.15. The third-order valence-corrected chi connectivity index (χ3v) is 3.97. The van der Waals surface area contributed by atoms with E-state index in [1.54, 1.807) is 7.11 Å². The van der Waals surface area contributed by atoms with E-state index in [2.05, 4.69) is 5.16 Å². The van der Waals surface area contributed by atoms with Gasteiger partial charge in [-0.1, -0.05) is 5.16 Å². The number of hydrogen-bond donors (Lipinski definition) is 2. The molecule has 0 bridgehead atoms. The lowest BCUT2D eigenvalue weighted by atomic mass is 9.96. The molecule has 1 amide bonds. The van der Waals surface area contributed by atoms with E-state index in [1.807, 2.05) is 4.90 Å². The first-order valence-electron chi connectivity index (χ1n) is 6.40. The molecule has 1 aliphatic carbocycles. The van der Waals surface area contributed by atoms with Gasteiger partial charge in [-0.05, 0) is 31.6 Å². The van der Waals surface area contributed by atoms with Crippen molar-refractivity contribution >= 4 is 11.7 Å². The van der Waals surface area contributed by atoms with Crippen molar-refractivity contribution in [2.75, 3.05) is 26.8 Å². The Labute approximate surface area is 107 Å². The van der Waals surface area contributed by atoms with Crippen LogP contribution in [0.4, 0.5) is 0 Å². The highest BCUT2D eigenvalue weighted by molar-refractivity contribution is 6.09. The largest absolute Gasteiger partial charge is 0.409 e. The van der Waals surface area contributed by atoms with Crippen LogP contribution in [0, 0.1) is 11.3 Å². The lowest BCUT2D eigenvalue weighted by molar-refractivity contribution is -0.136. The number of piperidine rings is 1. The molecule has 6 heteroatoms. The summed E-state index contributed by atoms with van der Waals surface area (Å²) in [6.45, 7) is 2.16. The summed E-state index contributed by atoms with van der Waals surface area (Å²) in [5.74, 6) is 0.468. The van der Waals surface area contributed by atoms with Gasteiger partial charge in [-0.3, -0.25) is 4.79 Å². The molecule has 1 saturated carbocycles. The monoisotopic (exact) mass is 255 g/mol. The molecule has 0 aromatic heterocycles. The van der Waals surface area contributed by atoms with Crippen LogP contribution >= 0.6 is 0 Å². The Balaban J connectivity index is 2.01. The molecule has 1 heterocycles. The summed E-state index contributed by atoms with van der Waals surface area (Å²) in [6, 6.07) is 0. The van der Waals surface area contributed by atoms with E-state index < -0.39 is 5.41 Å². The smallest absolute Gasteiger partial charge is 0.236 e. The molecule has 2 rings (SSSR count). The van der Waals surface area contributed by atoms with Crippen LogP contribution in [0.3, 0.4) is 0 Å². The number of nitrogens with two attached hydrogens (primary N) is 1. The molecular formula is C12H21N3O3. The number of oxime groups is 1. The van der Waals surface area contributed by atoms with Gasteiger partial charge in [0.05, 0.1) is 6.61 Å². The molecule has 1 atom stereocenters. The van der Waals surface area contributed by atoms with Crippen LogP contribution in [0.2, 0.25) is 0 Å². The van der Waals surface area contributed by atoms with Gasteiger partial charge in [0.25, 0.3) is 0 Å². The van der Waals surface area contributed by atoms with Gasteiger partial charge < -0.3 is 20.6 Å². The minimum Gasteiger partial charge on any atom is -0.409 e. The van der Waals surface area contributed by atoms with Crippen LogP contribution in [-0.4, -0.2) is 48.7 Å². The van der Waals surface area contributed by atoms with Crippen molar-refractivity contribution < 1.29 is 14.7 Å². The van der Waals surface area contributed by atoms with Gasteiger partial charge >= 0.3 is 0 Å². The molecule has 0 aromatic rings. The van der Waals surface area contributed by atoms with E-state index >= 15 is 0 Å². The Hall–Kier alpha value is -1.30. The molecule has 3 N–H and O–H groups in total. The minimum atomic E-state index is -0.719. The Morgan fingerprint density at radius 1 is 1.61 bits per heavy atom. The number of likely N-dealkylation sites (tertiary alicyclic amines) is 1. The highest BCUT2D eigenvalue weighted by Crippen LogP contribution is 2.47. The standard InChI is InChI=1S/C12H21N3O3/c1-18-8-9-3-2-6-15(7-9)11(16)12(4-5-12)10(13)14-17/h9,17H,2-8H2,1H3,(H2,13,14). The van der Waals surface area contributed by atoms with Gasteiger partial charge in [0, 0.05) is 20.2 Å². The first-order chi connectivity index (χ1) is 8.64. The number of carbonyl (C=O) groups excluding carboxylic acids is 1. The first-order valence-corrected chi connectivity index (χ1v) is 6.40. The molecule has 2 fully saturated rings. The topological polar surface area (TPSA) is 88.2 Å². The quantitative estimate of drug-likeness (QED) is 0.329. The van der Waals surface area contributed by atoms with Gasteiger partial charge in [0.2, 0.25) is 5.91 Å². The maximum absolute atomic E-state index is 12.4. The van der Waals surface area contributed by atoms with Crippen molar-refractivity contribution in [3.05, 3.63) is 0 Å². The number of carbonyl (C=O) groups is 1. The highest BCUT2D eigenvalue weighted by atomic mass is 16.5. The maximum atomic E-state index is 12.4. The van der Waals surface area contributed by atoms with Gasteiger partial charge in [0.1, 0.15) is 5.41 Å². The van der Waals surface area contributed by atoms with Crippen molar-refractivity contribution in [3.8, 4) is 0 Å². The molecule has 102 valence electrons. The molecule has 0 aromatic carbocycles. The fraction of sp³-hybridized carbons (Fsp3) is 0.833. The molecule has 1 aliphatic heterocycles. The predicted octanol–water partition coefficient (Wildman–Crippen LogP) is 0.398. The van der Waals surface area contributed by atoms with Crippen LogP contribution in [0.5, 0.6) is 0 Å². The molecule has 18 heavy (non-hydrogen) atoms. The number of hydrogen-bond acceptors (Lipinski definition) is 4. The molecule has 1 saturated heterocycles. The third-order valence-electron chi connectivity index (χ3n) is 3.97. The van der Waals surface area contributed by atoms with E-state index in [1.165, 1.54) is 0 Å². The summed E-state index contributed by atoms with van der Waals surface area (Å²) in [4.78, 5) is 14.3. The molecule has 0 radical (unpaired) electrons. The fourth-order valence-electron chi connectivity index (χ4n) is 2.72. The first kappa shape index (κ1) is 13.1. The Bertz CT molecular complexity index is 350. The second-order valence-corrected chi connectivity index (χ2v) is 5.28. The summed E-state index contributed by atoms with van der Waals surface area (Å²) >= 11 is 0. The van der Waals surface area contributed by atoms with Crippen LogP contribution in [-0.2, 0) is 9.53 Å². The zero-order chi connectivity index (χ0) is 13.2. The molecule has 2 aliphatic rings. The molecule has 1 unspecified atom stereocenters. The summed E-state index contributed by atoms with van der Waals surface area (Å²) in [6.07, 6.45) is 3.46. The molecule has 6 nitrogen and oxygen atoms in total. The van der Waals surface area contributed by atoms with Gasteiger partial charge in [-0.25, -0.2) is 0 Å². The summed E-state index contributed by atoms with van der Waals surface area (Å²) in [5, 5.41) is 11.8. The van der Waals surface area contributed by atoms with Crippen molar-refractivity contribution in [3.63, 3.8) is 0 Å².